The second-order valence-corrected chi connectivity index (χ2v) is 5.27. The lowest BCUT2D eigenvalue weighted by Gasteiger charge is -2.17. The number of nitrogens with two attached hydrogens (primary N) is 1. The smallest absolute Gasteiger partial charge is 0.316 e. The summed E-state index contributed by atoms with van der Waals surface area (Å²) in [5.41, 5.74) is 7.60. The van der Waals surface area contributed by atoms with E-state index in [1.54, 1.807) is 16.9 Å². The van der Waals surface area contributed by atoms with Crippen molar-refractivity contribution in [2.45, 2.75) is 12.5 Å². The van der Waals surface area contributed by atoms with E-state index in [2.05, 4.69) is 15.7 Å². The Morgan fingerprint density at radius 2 is 2.36 bits per heavy atom. The molecule has 2 aromatic rings. The van der Waals surface area contributed by atoms with Gasteiger partial charge in [0.1, 0.15) is 11.9 Å². The van der Waals surface area contributed by atoms with Crippen molar-refractivity contribution >= 4 is 11.7 Å². The molecule has 3 rings (SSSR count). The second kappa shape index (κ2) is 6.07. The molecule has 0 bridgehead atoms. The van der Waals surface area contributed by atoms with Crippen LogP contribution in [0.3, 0.4) is 0 Å². The highest BCUT2D eigenvalue weighted by Crippen LogP contribution is 2.33. The Kier molecular flexibility index (Phi) is 3.97. The van der Waals surface area contributed by atoms with Gasteiger partial charge >= 0.3 is 6.03 Å². The maximum atomic E-state index is 11.1. The van der Waals surface area contributed by atoms with Crippen molar-refractivity contribution in [3.8, 4) is 17.0 Å². The first kappa shape index (κ1) is 14.4. The fourth-order valence-electron chi connectivity index (χ4n) is 2.60. The maximum Gasteiger partial charge on any atom is 0.316 e. The minimum Gasteiger partial charge on any atom is -0.488 e. The summed E-state index contributed by atoms with van der Waals surface area (Å²) in [6, 6.07) is 6.79. The van der Waals surface area contributed by atoms with Crippen LogP contribution in [0, 0.1) is 0 Å². The summed E-state index contributed by atoms with van der Waals surface area (Å²) in [6.07, 6.45) is 2.86. The average molecular weight is 301 g/mol. The Bertz CT molecular complexity index is 676. The number of amides is 2. The van der Waals surface area contributed by atoms with Gasteiger partial charge in [-0.05, 0) is 37.2 Å². The number of hydrogen-bond acceptors (Lipinski definition) is 4. The Hall–Kier alpha value is -2.54. The van der Waals surface area contributed by atoms with Gasteiger partial charge in [0, 0.05) is 31.0 Å². The molecular formula is C15H19N5O2. The van der Waals surface area contributed by atoms with E-state index in [9.17, 15) is 4.79 Å². The summed E-state index contributed by atoms with van der Waals surface area (Å²) in [7, 11) is 1.87. The second-order valence-electron chi connectivity index (χ2n) is 5.27. The fraction of sp³-hybridized carbons (Fsp3) is 0.333. The van der Waals surface area contributed by atoms with Gasteiger partial charge in [0.25, 0.3) is 0 Å². The largest absolute Gasteiger partial charge is 0.488 e. The molecule has 1 fully saturated rings. The number of benzene rings is 1. The molecule has 7 heteroatoms. The molecule has 0 aliphatic carbocycles. The molecule has 0 saturated carbocycles. The van der Waals surface area contributed by atoms with Gasteiger partial charge in [-0.3, -0.25) is 4.68 Å². The summed E-state index contributed by atoms with van der Waals surface area (Å²) < 4.78 is 7.86. The first-order valence-corrected chi connectivity index (χ1v) is 7.20. The molecule has 1 saturated heterocycles. The number of nitrogens with one attached hydrogen (secondary N) is 2. The van der Waals surface area contributed by atoms with Crippen LogP contribution in [0.1, 0.15) is 6.42 Å². The van der Waals surface area contributed by atoms with E-state index in [0.29, 0.717) is 5.69 Å². The number of hydrogen-bond donors (Lipinski definition) is 3. The number of urea groups is 1. The van der Waals surface area contributed by atoms with Crippen LogP contribution >= 0.6 is 0 Å². The van der Waals surface area contributed by atoms with E-state index in [4.69, 9.17) is 10.5 Å². The molecule has 0 spiro atoms. The van der Waals surface area contributed by atoms with Crippen LogP contribution in [0.2, 0.25) is 0 Å². The van der Waals surface area contributed by atoms with Crippen molar-refractivity contribution in [3.63, 3.8) is 0 Å². The predicted octanol–water partition coefficient (Wildman–Crippen LogP) is 1.32. The molecule has 2 amide bonds. The number of aryl methyl sites for hydroxylation is 1. The number of nitrogens with zero attached hydrogens (tertiary/aromatic N) is 2. The van der Waals surface area contributed by atoms with E-state index in [0.717, 1.165) is 36.5 Å². The van der Waals surface area contributed by atoms with E-state index < -0.39 is 6.03 Å². The average Bonchev–Trinajstić information content (AvgIpc) is 3.11. The number of rotatable bonds is 4. The van der Waals surface area contributed by atoms with Gasteiger partial charge in [0.15, 0.2) is 0 Å². The summed E-state index contributed by atoms with van der Waals surface area (Å²) in [6.45, 7) is 1.80. The Labute approximate surface area is 128 Å². The van der Waals surface area contributed by atoms with Crippen LogP contribution in [0.15, 0.2) is 30.5 Å². The summed E-state index contributed by atoms with van der Waals surface area (Å²) in [5.74, 6) is 0.771. The minimum atomic E-state index is -0.593. The number of carbonyl (C=O) groups is 1. The third-order valence-electron chi connectivity index (χ3n) is 3.65. The zero-order valence-corrected chi connectivity index (χ0v) is 12.4. The van der Waals surface area contributed by atoms with Crippen LogP contribution in [0.25, 0.3) is 11.3 Å². The Morgan fingerprint density at radius 3 is 3.00 bits per heavy atom. The summed E-state index contributed by atoms with van der Waals surface area (Å²) in [5, 5.41) is 10.1. The van der Waals surface area contributed by atoms with Gasteiger partial charge in [0.2, 0.25) is 0 Å². The topological polar surface area (TPSA) is 94.2 Å². The third kappa shape index (κ3) is 3.04. The number of anilines is 1. The molecule has 0 unspecified atom stereocenters. The highest BCUT2D eigenvalue weighted by Gasteiger charge is 2.19. The third-order valence-corrected chi connectivity index (χ3v) is 3.65. The first-order valence-electron chi connectivity index (χ1n) is 7.20. The van der Waals surface area contributed by atoms with E-state index in [1.807, 2.05) is 25.2 Å². The zero-order valence-electron chi connectivity index (χ0n) is 12.4. The van der Waals surface area contributed by atoms with Crippen molar-refractivity contribution in [1.29, 1.82) is 0 Å². The molecule has 2 heterocycles. The minimum absolute atomic E-state index is 0.155. The van der Waals surface area contributed by atoms with Crippen LogP contribution in [0.5, 0.6) is 5.75 Å². The quantitative estimate of drug-likeness (QED) is 0.794. The van der Waals surface area contributed by atoms with E-state index >= 15 is 0 Å². The van der Waals surface area contributed by atoms with Gasteiger partial charge in [-0.1, -0.05) is 0 Å². The zero-order chi connectivity index (χ0) is 15.5. The van der Waals surface area contributed by atoms with Gasteiger partial charge in [-0.15, -0.1) is 0 Å². The maximum absolute atomic E-state index is 11.1. The van der Waals surface area contributed by atoms with Crippen LogP contribution in [-0.2, 0) is 7.05 Å². The molecule has 1 atom stereocenters. The first-order chi connectivity index (χ1) is 10.6. The number of primary amides is 1. The molecule has 4 N–H and O–H groups in total. The number of carbonyl (C=O) groups excluding carboxylic acids is 1. The van der Waals surface area contributed by atoms with Crippen molar-refractivity contribution in [2.75, 3.05) is 18.4 Å². The van der Waals surface area contributed by atoms with Crippen molar-refractivity contribution < 1.29 is 9.53 Å². The molecule has 116 valence electrons. The number of ether oxygens (including phenoxy) is 1. The molecule has 1 aromatic heterocycles. The van der Waals surface area contributed by atoms with Crippen LogP contribution in [-0.4, -0.2) is 35.0 Å². The number of aromatic nitrogens is 2. The van der Waals surface area contributed by atoms with Crippen LogP contribution < -0.4 is 21.1 Å². The highest BCUT2D eigenvalue weighted by atomic mass is 16.5. The Morgan fingerprint density at radius 1 is 1.50 bits per heavy atom. The standard InChI is InChI=1S/C15H19N5O2/c1-20-13(5-7-18-20)12-8-10(19-15(16)21)2-3-14(12)22-11-4-6-17-9-11/h2-3,5,7-8,11,17H,4,6,9H2,1H3,(H3,16,19,21)/t11-/m0/s1. The summed E-state index contributed by atoms with van der Waals surface area (Å²) in [4.78, 5) is 11.1. The molecular weight excluding hydrogens is 282 g/mol. The normalized spacial score (nSPS) is 17.4. The van der Waals surface area contributed by atoms with Crippen molar-refractivity contribution in [1.82, 2.24) is 15.1 Å². The van der Waals surface area contributed by atoms with Crippen LogP contribution in [0.4, 0.5) is 10.5 Å². The molecule has 22 heavy (non-hydrogen) atoms. The van der Waals surface area contributed by atoms with Crippen molar-refractivity contribution in [2.24, 2.45) is 12.8 Å². The molecule has 1 aliphatic rings. The molecule has 1 aliphatic heterocycles. The monoisotopic (exact) mass is 301 g/mol. The SMILES string of the molecule is Cn1nccc1-c1cc(NC(N)=O)ccc1O[C@H]1CCNC1. The highest BCUT2D eigenvalue weighted by molar-refractivity contribution is 5.89. The lowest BCUT2D eigenvalue weighted by molar-refractivity contribution is 0.224. The summed E-state index contributed by atoms with van der Waals surface area (Å²) >= 11 is 0. The molecule has 1 aromatic carbocycles. The van der Waals surface area contributed by atoms with Gasteiger partial charge in [0.05, 0.1) is 5.69 Å². The van der Waals surface area contributed by atoms with E-state index in [-0.39, 0.29) is 6.10 Å². The predicted molar refractivity (Wildman–Crippen MR) is 83.8 cm³/mol. The van der Waals surface area contributed by atoms with Crippen molar-refractivity contribution in [3.05, 3.63) is 30.5 Å². The van der Waals surface area contributed by atoms with E-state index in [1.165, 1.54) is 0 Å². The lowest BCUT2D eigenvalue weighted by atomic mass is 10.1. The molecule has 0 radical (unpaired) electrons. The fourth-order valence-corrected chi connectivity index (χ4v) is 2.60. The Balaban J connectivity index is 1.96. The molecule has 7 nitrogen and oxygen atoms in total. The van der Waals surface area contributed by atoms with Gasteiger partial charge in [-0.2, -0.15) is 5.10 Å². The van der Waals surface area contributed by atoms with Gasteiger partial charge in [-0.25, -0.2) is 4.79 Å². The van der Waals surface area contributed by atoms with Gasteiger partial charge < -0.3 is 21.1 Å². The lowest BCUT2D eigenvalue weighted by Crippen LogP contribution is -2.21.